The minimum absolute atomic E-state index is 0.271. The van der Waals surface area contributed by atoms with Crippen LogP contribution in [0.3, 0.4) is 0 Å². The molecule has 1 spiro atoms. The van der Waals surface area contributed by atoms with Crippen LogP contribution in [0.5, 0.6) is 5.88 Å². The van der Waals surface area contributed by atoms with E-state index >= 15 is 0 Å². The highest BCUT2D eigenvalue weighted by Gasteiger charge is 2.53. The van der Waals surface area contributed by atoms with Crippen LogP contribution in [-0.2, 0) is 6.18 Å². The molecule has 3 atom stereocenters. The van der Waals surface area contributed by atoms with Crippen LogP contribution in [-0.4, -0.2) is 4.98 Å². The van der Waals surface area contributed by atoms with Crippen LogP contribution in [0.15, 0.2) is 48.4 Å². The summed E-state index contributed by atoms with van der Waals surface area (Å²) in [6.07, 6.45) is 8.49. The zero-order valence-electron chi connectivity index (χ0n) is 12.2. The molecular weight excluding hydrogens is 305 g/mol. The molecule has 3 aliphatic carbocycles. The highest BCUT2D eigenvalue weighted by molar-refractivity contribution is 5.53. The normalized spacial score (nSPS) is 31.2. The van der Waals surface area contributed by atoms with Crippen LogP contribution in [0.25, 0.3) is 0 Å². The lowest BCUT2D eigenvalue weighted by Crippen LogP contribution is -2.29. The van der Waals surface area contributed by atoms with Gasteiger partial charge in [0.05, 0.1) is 11.1 Å². The van der Waals surface area contributed by atoms with Crippen molar-refractivity contribution in [3.05, 3.63) is 54.0 Å². The lowest BCUT2D eigenvalue weighted by molar-refractivity contribution is -0.138. The Morgan fingerprint density at radius 3 is 2.91 bits per heavy atom. The molecule has 23 heavy (non-hydrogen) atoms. The zero-order valence-corrected chi connectivity index (χ0v) is 12.2. The first kappa shape index (κ1) is 14.4. The summed E-state index contributed by atoms with van der Waals surface area (Å²) >= 11 is 0. The molecule has 1 fully saturated rings. The number of aromatic nitrogens is 1. The third-order valence-corrected chi connectivity index (χ3v) is 4.95. The predicted octanol–water partition coefficient (Wildman–Crippen LogP) is 4.10. The topological polar surface area (TPSA) is 48.1 Å². The second-order valence-electron chi connectivity index (χ2n) is 6.30. The smallest absolute Gasteiger partial charge is 0.423 e. The molecule has 0 aliphatic heterocycles. The van der Waals surface area contributed by atoms with Crippen molar-refractivity contribution in [2.24, 2.45) is 17.3 Å². The van der Waals surface area contributed by atoms with E-state index < -0.39 is 17.6 Å². The third kappa shape index (κ3) is 2.08. The number of pyridine rings is 1. The van der Waals surface area contributed by atoms with E-state index in [9.17, 15) is 13.2 Å². The van der Waals surface area contributed by atoms with Gasteiger partial charge in [-0.3, -0.25) is 0 Å². The van der Waals surface area contributed by atoms with Crippen LogP contribution >= 0.6 is 0 Å². The summed E-state index contributed by atoms with van der Waals surface area (Å²) in [6.45, 7) is 0. The van der Waals surface area contributed by atoms with Gasteiger partial charge in [-0.15, -0.1) is 0 Å². The molecule has 1 saturated carbocycles. The van der Waals surface area contributed by atoms with Gasteiger partial charge in [0.1, 0.15) is 11.3 Å². The maximum atomic E-state index is 13.3. The number of anilines is 1. The number of alkyl halides is 3. The number of halogens is 3. The van der Waals surface area contributed by atoms with E-state index in [1.165, 1.54) is 6.20 Å². The van der Waals surface area contributed by atoms with Gasteiger partial charge in [-0.05, 0) is 36.8 Å². The molecule has 120 valence electrons. The Morgan fingerprint density at radius 2 is 2.13 bits per heavy atom. The number of hydrogen-bond donors (Lipinski definition) is 1. The number of allylic oxidation sites excluding steroid dienone is 5. The molecule has 2 bridgehead atoms. The molecular formula is C17H15F3N2O. The Morgan fingerprint density at radius 1 is 1.30 bits per heavy atom. The first-order valence-corrected chi connectivity index (χ1v) is 7.48. The van der Waals surface area contributed by atoms with Gasteiger partial charge in [0.25, 0.3) is 0 Å². The van der Waals surface area contributed by atoms with E-state index in [-0.39, 0.29) is 17.0 Å². The molecule has 6 heteroatoms. The maximum absolute atomic E-state index is 13.3. The van der Waals surface area contributed by atoms with E-state index in [2.05, 4.69) is 11.1 Å². The third-order valence-electron chi connectivity index (χ3n) is 4.95. The molecule has 4 rings (SSSR count). The van der Waals surface area contributed by atoms with Crippen LogP contribution in [0.2, 0.25) is 0 Å². The molecule has 1 aromatic heterocycles. The number of ether oxygens (including phenoxy) is 1. The molecule has 3 aliphatic rings. The van der Waals surface area contributed by atoms with Gasteiger partial charge >= 0.3 is 6.18 Å². The fourth-order valence-electron chi connectivity index (χ4n) is 3.99. The summed E-state index contributed by atoms with van der Waals surface area (Å²) < 4.78 is 45.4. The average molecular weight is 320 g/mol. The summed E-state index contributed by atoms with van der Waals surface area (Å²) in [7, 11) is 0. The lowest BCUT2D eigenvalue weighted by atomic mass is 9.74. The fourth-order valence-corrected chi connectivity index (χ4v) is 3.99. The van der Waals surface area contributed by atoms with Crippen molar-refractivity contribution >= 4 is 5.69 Å². The quantitative estimate of drug-likeness (QED) is 0.892. The second kappa shape index (κ2) is 4.63. The summed E-state index contributed by atoms with van der Waals surface area (Å²) in [4.78, 5) is 3.78. The standard InChI is InChI=1S/C17H15F3N2O/c18-17(19,20)14-12(21)4-6-22-15(14)23-13-8-10-7-11-3-1-2-5-16(11,13)9-10/h1-6,8,10-11H,7,9H2,(H2,21,22). The van der Waals surface area contributed by atoms with Crippen molar-refractivity contribution < 1.29 is 17.9 Å². The number of nitrogens with two attached hydrogens (primary N) is 1. The van der Waals surface area contributed by atoms with Crippen LogP contribution < -0.4 is 10.5 Å². The highest BCUT2D eigenvalue weighted by atomic mass is 19.4. The maximum Gasteiger partial charge on any atom is 0.423 e. The monoisotopic (exact) mass is 320 g/mol. The van der Waals surface area contributed by atoms with Crippen molar-refractivity contribution in [2.45, 2.75) is 19.0 Å². The highest BCUT2D eigenvalue weighted by Crippen LogP contribution is 2.60. The van der Waals surface area contributed by atoms with Crippen molar-refractivity contribution in [3.63, 3.8) is 0 Å². The molecule has 2 N–H and O–H groups in total. The minimum Gasteiger partial charge on any atom is -0.442 e. The molecule has 3 unspecified atom stereocenters. The Kier molecular flexibility index (Phi) is 2.89. The fraction of sp³-hybridized carbons (Fsp3) is 0.353. The van der Waals surface area contributed by atoms with Gasteiger partial charge in [0.15, 0.2) is 0 Å². The Bertz CT molecular complexity index is 751. The number of hydrogen-bond acceptors (Lipinski definition) is 3. The average Bonchev–Trinajstić information content (AvgIpc) is 2.99. The molecule has 1 heterocycles. The zero-order chi connectivity index (χ0) is 16.2. The van der Waals surface area contributed by atoms with Crippen molar-refractivity contribution in [3.8, 4) is 5.88 Å². The predicted molar refractivity (Wildman–Crippen MR) is 79.3 cm³/mol. The molecule has 3 nitrogen and oxygen atoms in total. The van der Waals surface area contributed by atoms with Gasteiger partial charge in [0.2, 0.25) is 5.88 Å². The lowest BCUT2D eigenvalue weighted by Gasteiger charge is -2.34. The van der Waals surface area contributed by atoms with Crippen LogP contribution in [0.1, 0.15) is 18.4 Å². The van der Waals surface area contributed by atoms with E-state index in [1.54, 1.807) is 0 Å². The Hall–Kier alpha value is -2.24. The van der Waals surface area contributed by atoms with E-state index in [1.807, 2.05) is 24.3 Å². The molecule has 0 radical (unpaired) electrons. The molecule has 1 aromatic rings. The van der Waals surface area contributed by atoms with Gasteiger partial charge in [0, 0.05) is 6.20 Å². The molecule has 0 aromatic carbocycles. The van der Waals surface area contributed by atoms with E-state index in [0.717, 1.165) is 18.9 Å². The first-order chi connectivity index (χ1) is 10.9. The summed E-state index contributed by atoms with van der Waals surface area (Å²) in [6, 6.07) is 1.13. The van der Waals surface area contributed by atoms with E-state index in [0.29, 0.717) is 11.7 Å². The Balaban J connectivity index is 1.73. The summed E-state index contributed by atoms with van der Waals surface area (Å²) in [5.74, 6) is 0.695. The van der Waals surface area contributed by atoms with Crippen LogP contribution in [0.4, 0.5) is 18.9 Å². The van der Waals surface area contributed by atoms with Gasteiger partial charge in [-0.2, -0.15) is 13.2 Å². The van der Waals surface area contributed by atoms with Crippen molar-refractivity contribution in [1.82, 2.24) is 4.98 Å². The Labute approximate surface area is 131 Å². The SMILES string of the molecule is Nc1ccnc(OC2=CC3CC4C=CC=CC24C3)c1C(F)(F)F. The number of nitrogens with zero attached hydrogens (tertiary/aromatic N) is 1. The molecule has 0 saturated heterocycles. The first-order valence-electron chi connectivity index (χ1n) is 7.48. The summed E-state index contributed by atoms with van der Waals surface area (Å²) in [5.41, 5.74) is 3.78. The van der Waals surface area contributed by atoms with Gasteiger partial charge in [-0.1, -0.05) is 24.3 Å². The number of nitrogen functional groups attached to an aromatic ring is 1. The minimum atomic E-state index is -4.61. The molecule has 0 amide bonds. The number of fused-ring (bicyclic) bond motifs is 1. The van der Waals surface area contributed by atoms with Gasteiger partial charge < -0.3 is 10.5 Å². The van der Waals surface area contributed by atoms with E-state index in [4.69, 9.17) is 10.5 Å². The number of rotatable bonds is 2. The second-order valence-corrected chi connectivity index (χ2v) is 6.30. The summed E-state index contributed by atoms with van der Waals surface area (Å²) in [5, 5.41) is 0. The van der Waals surface area contributed by atoms with Crippen molar-refractivity contribution in [2.75, 3.05) is 5.73 Å². The largest absolute Gasteiger partial charge is 0.442 e. The van der Waals surface area contributed by atoms with Gasteiger partial charge in [-0.25, -0.2) is 4.98 Å². The van der Waals surface area contributed by atoms with Crippen LogP contribution in [0, 0.1) is 17.3 Å². The van der Waals surface area contributed by atoms with Crippen molar-refractivity contribution in [1.29, 1.82) is 0 Å².